The van der Waals surface area contributed by atoms with Crippen LogP contribution in [0.2, 0.25) is 0 Å². The molecule has 0 aliphatic carbocycles. The highest BCUT2D eigenvalue weighted by atomic mass is 15.0. The molecule has 3 aromatic heterocycles. The molecular formula is C63H61N5. The Morgan fingerprint density at radius 1 is 0.368 bits per heavy atom. The standard InChI is InChI=1S/C63H61N5/c1-60(2,3)42-23-27-53-46(33-42)47-34-43(61(4,5)6)24-28-54(47)67(53)57-31-41(52-37-51(39-19-15-13-16-20-39)65-59(66-52)40-21-17-14-18-22-40)32-58(50(57)38-64)68-55-29-25-44(62(7,8)9)35-48(55)49-36-45(63(10,11)12)26-30-56(49)68/h13-37H,1-12H3. The van der Waals surface area contributed by atoms with Crippen LogP contribution in [0.5, 0.6) is 0 Å². The molecule has 0 bridgehead atoms. The molecule has 10 rings (SSSR count). The minimum Gasteiger partial charge on any atom is -0.308 e. The lowest BCUT2D eigenvalue weighted by molar-refractivity contribution is 0.590. The van der Waals surface area contributed by atoms with E-state index in [1.165, 1.54) is 22.3 Å². The number of rotatable bonds is 5. The number of hydrogen-bond acceptors (Lipinski definition) is 3. The van der Waals surface area contributed by atoms with Gasteiger partial charge in [0.15, 0.2) is 5.82 Å². The second-order valence-electron chi connectivity index (χ2n) is 22.8. The van der Waals surface area contributed by atoms with E-state index in [2.05, 4.69) is 214 Å². The van der Waals surface area contributed by atoms with E-state index in [4.69, 9.17) is 9.97 Å². The number of nitrogens with zero attached hydrogens (tertiary/aromatic N) is 5. The zero-order valence-corrected chi connectivity index (χ0v) is 41.7. The van der Waals surface area contributed by atoms with Crippen molar-refractivity contribution in [2.24, 2.45) is 0 Å². The number of hydrogen-bond donors (Lipinski definition) is 0. The highest BCUT2D eigenvalue weighted by Crippen LogP contribution is 2.44. The summed E-state index contributed by atoms with van der Waals surface area (Å²) in [4.78, 5) is 10.6. The van der Waals surface area contributed by atoms with E-state index >= 15 is 0 Å². The molecule has 0 unspecified atom stereocenters. The zero-order chi connectivity index (χ0) is 48.1. The van der Waals surface area contributed by atoms with Gasteiger partial charge in [0.2, 0.25) is 0 Å². The molecule has 338 valence electrons. The van der Waals surface area contributed by atoms with E-state index in [1.54, 1.807) is 0 Å². The van der Waals surface area contributed by atoms with Crippen LogP contribution in [-0.2, 0) is 21.7 Å². The summed E-state index contributed by atoms with van der Waals surface area (Å²) in [5, 5.41) is 16.5. The van der Waals surface area contributed by atoms with Gasteiger partial charge in [-0.1, -0.05) is 168 Å². The molecule has 7 aromatic carbocycles. The molecule has 0 atom stereocenters. The Morgan fingerprint density at radius 2 is 0.691 bits per heavy atom. The van der Waals surface area contributed by atoms with Crippen LogP contribution in [0.3, 0.4) is 0 Å². The molecule has 0 amide bonds. The number of nitriles is 1. The zero-order valence-electron chi connectivity index (χ0n) is 41.7. The van der Waals surface area contributed by atoms with Crippen molar-refractivity contribution in [3.63, 3.8) is 0 Å². The van der Waals surface area contributed by atoms with Crippen LogP contribution in [0.4, 0.5) is 0 Å². The molecule has 3 heterocycles. The van der Waals surface area contributed by atoms with E-state index in [0.29, 0.717) is 11.4 Å². The van der Waals surface area contributed by atoms with Crippen molar-refractivity contribution in [1.82, 2.24) is 19.1 Å². The molecule has 0 fully saturated rings. The lowest BCUT2D eigenvalue weighted by Gasteiger charge is -2.21. The molecule has 0 radical (unpaired) electrons. The second-order valence-corrected chi connectivity index (χ2v) is 22.8. The summed E-state index contributed by atoms with van der Waals surface area (Å²) >= 11 is 0. The third-order valence-corrected chi connectivity index (χ3v) is 13.8. The van der Waals surface area contributed by atoms with Crippen molar-refractivity contribution < 1.29 is 0 Å². The fraction of sp³-hybridized carbons (Fsp3) is 0.254. The van der Waals surface area contributed by atoms with Gasteiger partial charge < -0.3 is 9.13 Å². The largest absolute Gasteiger partial charge is 0.308 e. The highest BCUT2D eigenvalue weighted by Gasteiger charge is 2.27. The van der Waals surface area contributed by atoms with Gasteiger partial charge >= 0.3 is 0 Å². The first kappa shape index (κ1) is 44.5. The molecule has 0 N–H and O–H groups in total. The van der Waals surface area contributed by atoms with Gasteiger partial charge in [0.25, 0.3) is 0 Å². The Balaban J connectivity index is 1.38. The Hall–Kier alpha value is -7.29. The van der Waals surface area contributed by atoms with Crippen LogP contribution < -0.4 is 0 Å². The minimum absolute atomic E-state index is 0.0642. The van der Waals surface area contributed by atoms with Gasteiger partial charge in [-0.05, 0) is 111 Å². The Morgan fingerprint density at radius 3 is 1.01 bits per heavy atom. The van der Waals surface area contributed by atoms with Gasteiger partial charge in [-0.25, -0.2) is 9.97 Å². The monoisotopic (exact) mass is 887 g/mol. The van der Waals surface area contributed by atoms with Crippen molar-refractivity contribution in [1.29, 1.82) is 5.26 Å². The maximum Gasteiger partial charge on any atom is 0.160 e. The second kappa shape index (κ2) is 15.9. The van der Waals surface area contributed by atoms with Gasteiger partial charge in [0, 0.05) is 38.2 Å². The summed E-state index contributed by atoms with van der Waals surface area (Å²) in [5.74, 6) is 0.636. The van der Waals surface area contributed by atoms with Crippen molar-refractivity contribution in [2.45, 2.75) is 105 Å². The first-order chi connectivity index (χ1) is 32.2. The maximum atomic E-state index is 11.8. The molecule has 0 aliphatic rings. The molecule has 0 aliphatic heterocycles. The van der Waals surface area contributed by atoms with E-state index in [9.17, 15) is 5.26 Å². The quantitative estimate of drug-likeness (QED) is 0.173. The van der Waals surface area contributed by atoms with Gasteiger partial charge in [-0.15, -0.1) is 0 Å². The maximum absolute atomic E-state index is 11.8. The SMILES string of the molecule is CC(C)(C)c1ccc2c(c1)c1cc(C(C)(C)C)ccc1n2-c1cc(-c2cc(-c3ccccc3)nc(-c3ccccc3)n2)cc(-n2c3ccc(C(C)(C)C)cc3c3cc(C(C)(C)C)ccc32)c1C#N. The van der Waals surface area contributed by atoms with Gasteiger partial charge in [0.1, 0.15) is 11.6 Å². The lowest BCUT2D eigenvalue weighted by Crippen LogP contribution is -2.11. The first-order valence-corrected chi connectivity index (χ1v) is 24.0. The van der Waals surface area contributed by atoms with Crippen molar-refractivity contribution in [3.8, 4) is 51.3 Å². The van der Waals surface area contributed by atoms with Crippen LogP contribution in [0.15, 0.2) is 152 Å². The average molecular weight is 888 g/mol. The molecule has 0 spiro atoms. The summed E-state index contributed by atoms with van der Waals surface area (Å²) in [6, 6.07) is 57.4. The van der Waals surface area contributed by atoms with E-state index in [0.717, 1.165) is 83.1 Å². The third kappa shape index (κ3) is 7.76. The van der Waals surface area contributed by atoms with Gasteiger partial charge in [0.05, 0.1) is 44.8 Å². The topological polar surface area (TPSA) is 59.4 Å². The molecule has 5 heteroatoms. The fourth-order valence-electron chi connectivity index (χ4n) is 9.73. The van der Waals surface area contributed by atoms with Crippen LogP contribution in [0.1, 0.15) is 111 Å². The van der Waals surface area contributed by atoms with Crippen molar-refractivity contribution in [2.75, 3.05) is 0 Å². The average Bonchev–Trinajstić information content (AvgIpc) is 3.81. The molecule has 10 aromatic rings. The van der Waals surface area contributed by atoms with Gasteiger partial charge in [-0.2, -0.15) is 5.26 Å². The van der Waals surface area contributed by atoms with Crippen LogP contribution in [-0.4, -0.2) is 19.1 Å². The fourth-order valence-corrected chi connectivity index (χ4v) is 9.73. The van der Waals surface area contributed by atoms with E-state index in [-0.39, 0.29) is 21.7 Å². The summed E-state index contributed by atoms with van der Waals surface area (Å²) < 4.78 is 4.66. The normalized spacial score (nSPS) is 12.7. The Labute approximate surface area is 401 Å². The highest BCUT2D eigenvalue weighted by molar-refractivity contribution is 6.12. The summed E-state index contributed by atoms with van der Waals surface area (Å²) in [6.07, 6.45) is 0. The smallest absolute Gasteiger partial charge is 0.160 e. The van der Waals surface area contributed by atoms with Crippen LogP contribution >= 0.6 is 0 Å². The Bertz CT molecular complexity index is 3270. The molecule has 0 saturated heterocycles. The van der Waals surface area contributed by atoms with E-state index in [1.807, 2.05) is 36.4 Å². The van der Waals surface area contributed by atoms with Crippen LogP contribution in [0.25, 0.3) is 88.9 Å². The third-order valence-electron chi connectivity index (χ3n) is 13.8. The molecule has 0 saturated carbocycles. The molecular weight excluding hydrogens is 827 g/mol. The van der Waals surface area contributed by atoms with E-state index < -0.39 is 0 Å². The first-order valence-electron chi connectivity index (χ1n) is 24.0. The number of fused-ring (bicyclic) bond motifs is 6. The summed E-state index contributed by atoms with van der Waals surface area (Å²) in [5.41, 5.74) is 15.5. The van der Waals surface area contributed by atoms with Crippen LogP contribution in [0, 0.1) is 11.3 Å². The summed E-state index contributed by atoms with van der Waals surface area (Å²) in [6.45, 7) is 27.3. The summed E-state index contributed by atoms with van der Waals surface area (Å²) in [7, 11) is 0. The number of aromatic nitrogens is 4. The van der Waals surface area contributed by atoms with Crippen molar-refractivity contribution in [3.05, 3.63) is 179 Å². The predicted octanol–water partition coefficient (Wildman–Crippen LogP) is 16.7. The minimum atomic E-state index is -0.0642. The van der Waals surface area contributed by atoms with Gasteiger partial charge in [-0.3, -0.25) is 0 Å². The lowest BCUT2D eigenvalue weighted by atomic mass is 9.85. The van der Waals surface area contributed by atoms with Crippen molar-refractivity contribution >= 4 is 43.6 Å². The predicted molar refractivity (Wildman–Crippen MR) is 287 cm³/mol. The molecule has 5 nitrogen and oxygen atoms in total. The number of benzene rings is 7. The molecule has 68 heavy (non-hydrogen) atoms. The Kier molecular flexibility index (Phi) is 10.4.